The fourth-order valence-corrected chi connectivity index (χ4v) is 5.41. The van der Waals surface area contributed by atoms with E-state index in [4.69, 9.17) is 27.9 Å². The van der Waals surface area contributed by atoms with Gasteiger partial charge in [-0.25, -0.2) is 16.8 Å². The van der Waals surface area contributed by atoms with Crippen molar-refractivity contribution in [2.45, 2.75) is 17.3 Å². The molecule has 1 heterocycles. The number of para-hydroxylation sites is 1. The summed E-state index contributed by atoms with van der Waals surface area (Å²) in [5.74, 6) is -0.824. The Labute approximate surface area is 226 Å². The highest BCUT2D eigenvalue weighted by molar-refractivity contribution is 7.92. The first-order chi connectivity index (χ1) is 17.5. The molecular weight excluding hydrogens is 594 g/mol. The van der Waals surface area contributed by atoms with Crippen LogP contribution in [0, 0.1) is 0 Å². The maximum atomic E-state index is 13.4. The van der Waals surface area contributed by atoms with E-state index in [0.29, 0.717) is 6.07 Å². The third-order valence-electron chi connectivity index (χ3n) is 4.90. The van der Waals surface area contributed by atoms with E-state index >= 15 is 0 Å². The van der Waals surface area contributed by atoms with Crippen LogP contribution in [0.4, 0.5) is 18.9 Å². The van der Waals surface area contributed by atoms with Crippen molar-refractivity contribution in [3.05, 3.63) is 87.2 Å². The van der Waals surface area contributed by atoms with Gasteiger partial charge in [-0.05, 0) is 36.4 Å². The van der Waals surface area contributed by atoms with Crippen molar-refractivity contribution in [1.29, 1.82) is 0 Å². The Bertz CT molecular complexity index is 1600. The number of methoxy groups -OCH3 is 1. The Balaban J connectivity index is 2.07. The zero-order valence-corrected chi connectivity index (χ0v) is 22.5. The van der Waals surface area contributed by atoms with Gasteiger partial charge in [0.1, 0.15) is 11.9 Å². The highest BCUT2D eigenvalue weighted by atomic mass is 35.5. The summed E-state index contributed by atoms with van der Waals surface area (Å²) in [5, 5.41) is -0.723. The summed E-state index contributed by atoms with van der Waals surface area (Å²) in [7, 11) is -7.38. The van der Waals surface area contributed by atoms with Crippen LogP contribution in [0.25, 0.3) is 0 Å². The van der Waals surface area contributed by atoms with Gasteiger partial charge in [0.15, 0.2) is 0 Å². The molecule has 9 nitrogen and oxygen atoms in total. The molecule has 0 radical (unpaired) electrons. The maximum absolute atomic E-state index is 13.4. The third kappa shape index (κ3) is 7.01. The Morgan fingerprint density at radius 1 is 1.05 bits per heavy atom. The van der Waals surface area contributed by atoms with Gasteiger partial charge in [-0.3, -0.25) is 14.5 Å². The predicted molar refractivity (Wildman–Crippen MR) is 134 cm³/mol. The lowest BCUT2D eigenvalue weighted by atomic mass is 10.0. The monoisotopic (exact) mass is 611 g/mol. The molecule has 0 amide bonds. The SMILES string of the molecule is COC(NS(=O)(=O)c1ccc(Cl)c(C(F)(F)F)c1)c1cc(Cl)cnc1C(=O)c1ccccc1NS(C)(=O)=O. The fraction of sp³-hybridized carbons (Fsp3) is 0.182. The first-order valence-electron chi connectivity index (χ1n) is 10.2. The largest absolute Gasteiger partial charge is 0.417 e. The topological polar surface area (TPSA) is 132 Å². The number of hydrogen-bond acceptors (Lipinski definition) is 7. The highest BCUT2D eigenvalue weighted by Gasteiger charge is 2.35. The number of anilines is 1. The number of aromatic nitrogens is 1. The number of sulfonamides is 2. The van der Waals surface area contributed by atoms with Gasteiger partial charge in [-0.1, -0.05) is 35.3 Å². The van der Waals surface area contributed by atoms with Crippen LogP contribution < -0.4 is 9.44 Å². The van der Waals surface area contributed by atoms with E-state index in [1.807, 2.05) is 0 Å². The number of halogens is 5. The van der Waals surface area contributed by atoms with Gasteiger partial charge < -0.3 is 4.74 Å². The van der Waals surface area contributed by atoms with Crippen LogP contribution in [0.1, 0.15) is 33.4 Å². The molecule has 3 aromatic rings. The average molecular weight is 612 g/mol. The third-order valence-corrected chi connectivity index (χ3v) is 7.43. The molecule has 0 saturated heterocycles. The van der Waals surface area contributed by atoms with Gasteiger partial charge in [-0.2, -0.15) is 17.9 Å². The first-order valence-corrected chi connectivity index (χ1v) is 14.4. The molecule has 2 N–H and O–H groups in total. The number of hydrogen-bond donors (Lipinski definition) is 2. The molecule has 0 saturated carbocycles. The predicted octanol–water partition coefficient (Wildman–Crippen LogP) is 4.63. The number of carbonyl (C=O) groups is 1. The summed E-state index contributed by atoms with van der Waals surface area (Å²) in [4.78, 5) is 16.6. The molecule has 0 aliphatic carbocycles. The Morgan fingerprint density at radius 3 is 2.32 bits per heavy atom. The second-order valence-electron chi connectivity index (χ2n) is 7.72. The Morgan fingerprint density at radius 2 is 1.71 bits per heavy atom. The normalized spacial score (nSPS) is 13.2. The minimum absolute atomic E-state index is 0.0220. The molecule has 204 valence electrons. The van der Waals surface area contributed by atoms with Crippen molar-refractivity contribution >= 4 is 54.7 Å². The molecule has 0 aliphatic heterocycles. The molecular formula is C22H18Cl2F3N3O6S2. The Hall–Kier alpha value is -2.75. The lowest BCUT2D eigenvalue weighted by molar-refractivity contribution is -0.137. The summed E-state index contributed by atoms with van der Waals surface area (Å²) >= 11 is 11.6. The lowest BCUT2D eigenvalue weighted by Gasteiger charge is -2.21. The number of nitrogens with one attached hydrogen (secondary N) is 2. The van der Waals surface area contributed by atoms with Gasteiger partial charge in [0, 0.05) is 24.4 Å². The first kappa shape index (κ1) is 29.8. The summed E-state index contributed by atoms with van der Waals surface area (Å²) in [6.45, 7) is 0. The number of ketones is 1. The van der Waals surface area contributed by atoms with Crippen LogP contribution in [0.3, 0.4) is 0 Å². The van der Waals surface area contributed by atoms with E-state index in [0.717, 1.165) is 31.7 Å². The van der Waals surface area contributed by atoms with Crippen LogP contribution in [-0.2, 0) is 31.0 Å². The fourth-order valence-electron chi connectivity index (χ4n) is 3.28. The van der Waals surface area contributed by atoms with Crippen molar-refractivity contribution < 1.29 is 39.5 Å². The molecule has 1 aromatic heterocycles. The van der Waals surface area contributed by atoms with Crippen LogP contribution in [0.15, 0.2) is 59.6 Å². The van der Waals surface area contributed by atoms with E-state index in [9.17, 15) is 34.8 Å². The molecule has 1 atom stereocenters. The molecule has 0 fully saturated rings. The molecule has 2 aromatic carbocycles. The molecule has 1 unspecified atom stereocenters. The number of alkyl halides is 3. The summed E-state index contributed by atoms with van der Waals surface area (Å²) in [6.07, 6.45) is -4.59. The molecule has 16 heteroatoms. The number of pyridine rings is 1. The van der Waals surface area contributed by atoms with E-state index in [2.05, 4.69) is 14.4 Å². The van der Waals surface area contributed by atoms with Gasteiger partial charge >= 0.3 is 6.18 Å². The van der Waals surface area contributed by atoms with Crippen LogP contribution in [0.2, 0.25) is 10.0 Å². The van der Waals surface area contributed by atoms with Gasteiger partial charge in [0.25, 0.3) is 0 Å². The number of nitrogens with zero attached hydrogens (tertiary/aromatic N) is 1. The van der Waals surface area contributed by atoms with E-state index in [-0.39, 0.29) is 27.5 Å². The van der Waals surface area contributed by atoms with Crippen molar-refractivity contribution in [2.24, 2.45) is 0 Å². The zero-order valence-electron chi connectivity index (χ0n) is 19.4. The lowest BCUT2D eigenvalue weighted by Crippen LogP contribution is -2.31. The maximum Gasteiger partial charge on any atom is 0.417 e. The van der Waals surface area contributed by atoms with Crippen molar-refractivity contribution in [1.82, 2.24) is 9.71 Å². The smallest absolute Gasteiger partial charge is 0.361 e. The van der Waals surface area contributed by atoms with E-state index in [1.165, 1.54) is 30.3 Å². The number of benzene rings is 2. The second-order valence-corrected chi connectivity index (χ2v) is 12.0. The molecule has 0 bridgehead atoms. The zero-order chi connectivity index (χ0) is 28.5. The number of rotatable bonds is 9. The van der Waals surface area contributed by atoms with Crippen molar-refractivity contribution in [3.8, 4) is 0 Å². The standard InChI is InChI=1S/C22H18Cl2F3N3O6S2/c1-36-21(30-38(34,35)13-7-8-17(24)16(10-13)22(25,26)27)15-9-12(23)11-28-19(15)20(31)14-5-3-4-6-18(14)29-37(2,32)33/h3-11,21,29-30H,1-2H3. The minimum Gasteiger partial charge on any atom is -0.361 e. The van der Waals surface area contributed by atoms with Gasteiger partial charge in [-0.15, -0.1) is 0 Å². The van der Waals surface area contributed by atoms with Gasteiger partial charge in [0.2, 0.25) is 25.8 Å². The summed E-state index contributed by atoms with van der Waals surface area (Å²) < 4.78 is 98.8. The summed E-state index contributed by atoms with van der Waals surface area (Å²) in [6, 6.07) is 8.76. The quantitative estimate of drug-likeness (QED) is 0.266. The molecule has 3 rings (SSSR count). The molecule has 0 aliphatic rings. The second kappa shape index (κ2) is 11.2. The van der Waals surface area contributed by atoms with Gasteiger partial charge in [0.05, 0.1) is 32.4 Å². The highest BCUT2D eigenvalue weighted by Crippen LogP contribution is 2.36. The molecule has 0 spiro atoms. The van der Waals surface area contributed by atoms with E-state index in [1.54, 1.807) is 0 Å². The van der Waals surface area contributed by atoms with Crippen LogP contribution in [0.5, 0.6) is 0 Å². The van der Waals surface area contributed by atoms with E-state index < -0.39 is 53.7 Å². The summed E-state index contributed by atoms with van der Waals surface area (Å²) in [5.41, 5.74) is -2.12. The number of carbonyl (C=O) groups excluding carboxylic acids is 1. The molecule has 38 heavy (non-hydrogen) atoms. The number of ether oxygens (including phenoxy) is 1. The Kier molecular flexibility index (Phi) is 8.75. The van der Waals surface area contributed by atoms with Crippen LogP contribution >= 0.6 is 23.2 Å². The average Bonchev–Trinajstić information content (AvgIpc) is 2.81. The van der Waals surface area contributed by atoms with Crippen LogP contribution in [-0.4, -0.2) is 41.0 Å². The minimum atomic E-state index is -4.92. The van der Waals surface area contributed by atoms with Crippen molar-refractivity contribution in [3.63, 3.8) is 0 Å². The van der Waals surface area contributed by atoms with Crippen molar-refractivity contribution in [2.75, 3.05) is 18.1 Å².